The molecule has 0 bridgehead atoms. The smallest absolute Gasteiger partial charge is 0.0888 e. The summed E-state index contributed by atoms with van der Waals surface area (Å²) in [4.78, 5) is 0. The van der Waals surface area contributed by atoms with E-state index in [1.165, 1.54) is 18.5 Å². The minimum absolute atomic E-state index is 0.128. The van der Waals surface area contributed by atoms with Crippen LogP contribution in [0.15, 0.2) is 10.7 Å². The van der Waals surface area contributed by atoms with E-state index in [9.17, 15) is 0 Å². The maximum absolute atomic E-state index is 6.03. The van der Waals surface area contributed by atoms with Gasteiger partial charge in [-0.15, -0.1) is 0 Å². The van der Waals surface area contributed by atoms with Crippen LogP contribution in [-0.2, 0) is 11.3 Å². The summed E-state index contributed by atoms with van der Waals surface area (Å²) < 4.78 is 9.16. The van der Waals surface area contributed by atoms with Gasteiger partial charge in [0.05, 0.1) is 28.0 Å². The van der Waals surface area contributed by atoms with Crippen LogP contribution in [0.1, 0.15) is 51.3 Å². The zero-order valence-corrected chi connectivity index (χ0v) is 14.5. The van der Waals surface area contributed by atoms with Gasteiger partial charge in [-0.25, -0.2) is 0 Å². The van der Waals surface area contributed by atoms with E-state index in [0.29, 0.717) is 0 Å². The van der Waals surface area contributed by atoms with Gasteiger partial charge in [-0.2, -0.15) is 5.10 Å². The molecule has 1 fully saturated rings. The Morgan fingerprint density at radius 3 is 2.70 bits per heavy atom. The number of likely N-dealkylation sites (N-methyl/N-ethyl adjacent to an activating group) is 1. The van der Waals surface area contributed by atoms with E-state index >= 15 is 0 Å². The highest BCUT2D eigenvalue weighted by molar-refractivity contribution is 9.10. The molecule has 5 heteroatoms. The topological polar surface area (TPSA) is 39.1 Å². The molecule has 1 atom stereocenters. The lowest BCUT2D eigenvalue weighted by molar-refractivity contribution is -0.0764. The van der Waals surface area contributed by atoms with E-state index in [0.717, 1.165) is 29.8 Å². The number of ether oxygens (including phenoxy) is 1. The summed E-state index contributed by atoms with van der Waals surface area (Å²) in [5.41, 5.74) is 1.07. The summed E-state index contributed by atoms with van der Waals surface area (Å²) in [6, 6.07) is 0.164. The third kappa shape index (κ3) is 2.81. The van der Waals surface area contributed by atoms with Crippen LogP contribution in [0.5, 0.6) is 0 Å². The zero-order valence-electron chi connectivity index (χ0n) is 12.9. The number of halogens is 1. The first-order valence-electron chi connectivity index (χ1n) is 7.51. The van der Waals surface area contributed by atoms with Crippen molar-refractivity contribution in [2.45, 2.75) is 57.7 Å². The molecule has 0 saturated heterocycles. The van der Waals surface area contributed by atoms with Crippen molar-refractivity contribution in [3.63, 3.8) is 0 Å². The molecule has 1 aromatic rings. The fourth-order valence-corrected chi connectivity index (χ4v) is 3.95. The molecule has 114 valence electrons. The first-order chi connectivity index (χ1) is 9.57. The molecule has 1 aliphatic carbocycles. The predicted molar refractivity (Wildman–Crippen MR) is 84.8 cm³/mol. The van der Waals surface area contributed by atoms with Crippen LogP contribution in [0.4, 0.5) is 0 Å². The van der Waals surface area contributed by atoms with Crippen molar-refractivity contribution in [3.8, 4) is 0 Å². The molecule has 0 aromatic carbocycles. The molecule has 1 aromatic heterocycles. The number of rotatable bonds is 5. The van der Waals surface area contributed by atoms with Crippen LogP contribution in [0.25, 0.3) is 0 Å². The predicted octanol–water partition coefficient (Wildman–Crippen LogP) is 3.52. The molecular formula is C15H26BrN3O. The van der Waals surface area contributed by atoms with Crippen LogP contribution in [0.3, 0.4) is 0 Å². The number of hydrogen-bond donors (Lipinski definition) is 1. The molecule has 1 unspecified atom stereocenters. The van der Waals surface area contributed by atoms with Crippen molar-refractivity contribution in [2.75, 3.05) is 14.2 Å². The van der Waals surface area contributed by atoms with Gasteiger partial charge in [0.25, 0.3) is 0 Å². The minimum Gasteiger partial charge on any atom is -0.376 e. The van der Waals surface area contributed by atoms with Gasteiger partial charge in [0.1, 0.15) is 0 Å². The van der Waals surface area contributed by atoms with Crippen molar-refractivity contribution in [1.82, 2.24) is 15.1 Å². The quantitative estimate of drug-likeness (QED) is 0.888. The van der Waals surface area contributed by atoms with Gasteiger partial charge < -0.3 is 10.1 Å². The van der Waals surface area contributed by atoms with Gasteiger partial charge >= 0.3 is 0 Å². The van der Waals surface area contributed by atoms with Crippen LogP contribution < -0.4 is 5.32 Å². The average molecular weight is 344 g/mol. The van der Waals surface area contributed by atoms with Crippen molar-refractivity contribution in [2.24, 2.45) is 5.92 Å². The Balaban J connectivity index is 2.36. The van der Waals surface area contributed by atoms with Gasteiger partial charge in [-0.1, -0.05) is 6.92 Å². The summed E-state index contributed by atoms with van der Waals surface area (Å²) in [5.74, 6) is 0.801. The standard InChI is InChI=1S/C15H26BrN3O/c1-5-19-13(12(16)10-18-19)14(17-3)15(20-4)8-6-11(2)7-9-15/h10-11,14,17H,5-9H2,1-4H3. The van der Waals surface area contributed by atoms with E-state index < -0.39 is 0 Å². The van der Waals surface area contributed by atoms with Crippen LogP contribution in [-0.4, -0.2) is 29.5 Å². The largest absolute Gasteiger partial charge is 0.376 e. The van der Waals surface area contributed by atoms with Crippen molar-refractivity contribution in [3.05, 3.63) is 16.4 Å². The SMILES string of the molecule is CCn1ncc(Br)c1C(NC)C1(OC)CCC(C)CC1. The minimum atomic E-state index is -0.128. The van der Waals surface area contributed by atoms with Gasteiger partial charge in [-0.05, 0) is 61.5 Å². The summed E-state index contributed by atoms with van der Waals surface area (Å²) in [5, 5.41) is 7.93. The molecule has 4 nitrogen and oxygen atoms in total. The highest BCUT2D eigenvalue weighted by atomic mass is 79.9. The van der Waals surface area contributed by atoms with Crippen LogP contribution in [0.2, 0.25) is 0 Å². The zero-order chi connectivity index (χ0) is 14.8. The number of aryl methyl sites for hydroxylation is 1. The Bertz CT molecular complexity index is 438. The number of methoxy groups -OCH3 is 1. The van der Waals surface area contributed by atoms with E-state index in [4.69, 9.17) is 4.74 Å². The molecule has 0 aliphatic heterocycles. The van der Waals surface area contributed by atoms with Gasteiger partial charge in [0.2, 0.25) is 0 Å². The summed E-state index contributed by atoms with van der Waals surface area (Å²) in [6.45, 7) is 5.33. The first-order valence-corrected chi connectivity index (χ1v) is 8.31. The molecule has 1 N–H and O–H groups in total. The summed E-state index contributed by atoms with van der Waals surface area (Å²) >= 11 is 3.65. The molecular weight excluding hydrogens is 318 g/mol. The lowest BCUT2D eigenvalue weighted by Gasteiger charge is -2.44. The third-order valence-corrected chi connectivity index (χ3v) is 5.36. The average Bonchev–Trinajstić information content (AvgIpc) is 2.83. The molecule has 0 spiro atoms. The van der Waals surface area contributed by atoms with Crippen LogP contribution in [0, 0.1) is 5.92 Å². The van der Waals surface area contributed by atoms with Gasteiger partial charge in [-0.3, -0.25) is 4.68 Å². The van der Waals surface area contributed by atoms with E-state index in [-0.39, 0.29) is 11.6 Å². The maximum Gasteiger partial charge on any atom is 0.0888 e. The number of aromatic nitrogens is 2. The highest BCUT2D eigenvalue weighted by Gasteiger charge is 2.43. The van der Waals surface area contributed by atoms with E-state index in [1.807, 2.05) is 20.4 Å². The molecule has 0 radical (unpaired) electrons. The highest BCUT2D eigenvalue weighted by Crippen LogP contribution is 2.44. The fraction of sp³-hybridized carbons (Fsp3) is 0.800. The Hall–Kier alpha value is -0.390. The Labute approximate surface area is 130 Å². The second kappa shape index (κ2) is 6.58. The third-order valence-electron chi connectivity index (χ3n) is 4.75. The second-order valence-electron chi connectivity index (χ2n) is 5.87. The monoisotopic (exact) mass is 343 g/mol. The number of nitrogens with zero attached hydrogens (tertiary/aromatic N) is 2. The lowest BCUT2D eigenvalue weighted by Crippen LogP contribution is -2.47. The van der Waals surface area contributed by atoms with Crippen molar-refractivity contribution < 1.29 is 4.74 Å². The van der Waals surface area contributed by atoms with Gasteiger partial charge in [0.15, 0.2) is 0 Å². The van der Waals surface area contributed by atoms with Crippen molar-refractivity contribution >= 4 is 15.9 Å². The normalized spacial score (nSPS) is 28.6. The Morgan fingerprint density at radius 2 is 2.20 bits per heavy atom. The summed E-state index contributed by atoms with van der Waals surface area (Å²) in [7, 11) is 3.86. The lowest BCUT2D eigenvalue weighted by atomic mass is 9.74. The number of hydrogen-bond acceptors (Lipinski definition) is 3. The molecule has 1 saturated carbocycles. The molecule has 2 rings (SSSR count). The van der Waals surface area contributed by atoms with E-state index in [1.54, 1.807) is 0 Å². The molecule has 0 amide bonds. The number of nitrogens with one attached hydrogen (secondary N) is 1. The Morgan fingerprint density at radius 1 is 1.55 bits per heavy atom. The fourth-order valence-electron chi connectivity index (χ4n) is 3.42. The molecule has 20 heavy (non-hydrogen) atoms. The molecule has 1 aliphatic rings. The Kier molecular flexibility index (Phi) is 5.26. The maximum atomic E-state index is 6.03. The van der Waals surface area contributed by atoms with E-state index in [2.05, 4.69) is 44.9 Å². The molecule has 1 heterocycles. The first kappa shape index (κ1) is 16.0. The van der Waals surface area contributed by atoms with Crippen LogP contribution >= 0.6 is 15.9 Å². The van der Waals surface area contributed by atoms with Gasteiger partial charge in [0, 0.05) is 13.7 Å². The second-order valence-corrected chi connectivity index (χ2v) is 6.72. The van der Waals surface area contributed by atoms with Crippen molar-refractivity contribution in [1.29, 1.82) is 0 Å². The summed E-state index contributed by atoms with van der Waals surface area (Å²) in [6.07, 6.45) is 6.53.